The van der Waals surface area contributed by atoms with Gasteiger partial charge in [0.15, 0.2) is 0 Å². The molecular formula is C24H14FNO2S. The van der Waals surface area contributed by atoms with Gasteiger partial charge in [-0.05, 0) is 60.4 Å². The molecule has 3 nitrogen and oxygen atoms in total. The van der Waals surface area contributed by atoms with Crippen molar-refractivity contribution < 1.29 is 14.3 Å². The summed E-state index contributed by atoms with van der Waals surface area (Å²) in [5.74, 6) is -1.49. The number of hydrogen-bond acceptors (Lipinski definition) is 3. The van der Waals surface area contributed by atoms with E-state index < -0.39 is 11.8 Å². The van der Waals surface area contributed by atoms with Gasteiger partial charge in [-0.2, -0.15) is 0 Å². The number of carboxylic acids is 1. The maximum atomic E-state index is 13.8. The fraction of sp³-hybridized carbons (Fsp3) is 0.0833. The number of aromatic carboxylic acids is 1. The van der Waals surface area contributed by atoms with Crippen molar-refractivity contribution in [2.24, 2.45) is 0 Å². The lowest BCUT2D eigenvalue weighted by atomic mass is 9.84. The third-order valence-electron chi connectivity index (χ3n) is 5.76. The predicted molar refractivity (Wildman–Crippen MR) is 114 cm³/mol. The van der Waals surface area contributed by atoms with E-state index in [9.17, 15) is 14.3 Å². The standard InChI is InChI=1S/C24H14FNO2S/c25-13-6-8-19-18(10-13)22(24(27)28)15-7-5-12-9-17-14-3-1-2-4-20(14)29-21(17)11-16(12)23(15)26-19/h1-4,6,8-11H,5,7H2,(H,27,28). The Kier molecular flexibility index (Phi) is 3.35. The highest BCUT2D eigenvalue weighted by Gasteiger charge is 2.26. The van der Waals surface area contributed by atoms with E-state index >= 15 is 0 Å². The zero-order valence-corrected chi connectivity index (χ0v) is 16.0. The molecule has 1 N–H and O–H groups in total. The largest absolute Gasteiger partial charge is 0.478 e. The first-order valence-electron chi connectivity index (χ1n) is 9.40. The van der Waals surface area contributed by atoms with Gasteiger partial charge in [-0.25, -0.2) is 14.2 Å². The van der Waals surface area contributed by atoms with Gasteiger partial charge in [0, 0.05) is 31.1 Å². The lowest BCUT2D eigenvalue weighted by molar-refractivity contribution is 0.0698. The van der Waals surface area contributed by atoms with Crippen molar-refractivity contribution >= 4 is 48.4 Å². The number of aromatic nitrogens is 1. The molecule has 0 atom stereocenters. The van der Waals surface area contributed by atoms with Crippen LogP contribution in [0, 0.1) is 5.82 Å². The topological polar surface area (TPSA) is 50.2 Å². The molecule has 0 aliphatic heterocycles. The van der Waals surface area contributed by atoms with Gasteiger partial charge < -0.3 is 5.11 Å². The van der Waals surface area contributed by atoms with Crippen LogP contribution in [0.15, 0.2) is 54.6 Å². The fourth-order valence-electron chi connectivity index (χ4n) is 4.49. The van der Waals surface area contributed by atoms with Crippen molar-refractivity contribution in [2.75, 3.05) is 0 Å². The number of halogens is 1. The first-order chi connectivity index (χ1) is 14.1. The molecule has 0 spiro atoms. The SMILES string of the molecule is O=C(O)c1c2c(nc3ccc(F)cc13)-c1cc3sc4ccccc4c3cc1CC2. The first-order valence-corrected chi connectivity index (χ1v) is 10.2. The molecule has 6 rings (SSSR count). The van der Waals surface area contributed by atoms with Gasteiger partial charge in [-0.3, -0.25) is 0 Å². The molecule has 3 aromatic carbocycles. The summed E-state index contributed by atoms with van der Waals surface area (Å²) < 4.78 is 16.2. The molecule has 0 fully saturated rings. The minimum atomic E-state index is -1.04. The Morgan fingerprint density at radius 2 is 1.83 bits per heavy atom. The maximum Gasteiger partial charge on any atom is 0.336 e. The normalized spacial score (nSPS) is 13.0. The van der Waals surface area contributed by atoms with Crippen LogP contribution in [0.1, 0.15) is 21.5 Å². The Morgan fingerprint density at radius 1 is 0.966 bits per heavy atom. The summed E-state index contributed by atoms with van der Waals surface area (Å²) in [6.45, 7) is 0. The Bertz CT molecular complexity index is 1500. The average molecular weight is 399 g/mol. The zero-order chi connectivity index (χ0) is 19.7. The highest BCUT2D eigenvalue weighted by molar-refractivity contribution is 7.25. The lowest BCUT2D eigenvalue weighted by Crippen LogP contribution is -2.13. The second-order valence-corrected chi connectivity index (χ2v) is 8.47. The molecule has 2 aromatic heterocycles. The van der Waals surface area contributed by atoms with E-state index in [1.165, 1.54) is 33.2 Å². The quantitative estimate of drug-likeness (QED) is 0.365. The molecule has 0 radical (unpaired) electrons. The number of fused-ring (bicyclic) bond motifs is 7. The number of rotatable bonds is 1. The molecule has 2 heterocycles. The lowest BCUT2D eigenvalue weighted by Gasteiger charge is -2.22. The van der Waals surface area contributed by atoms with Gasteiger partial charge in [-0.15, -0.1) is 11.3 Å². The van der Waals surface area contributed by atoms with Crippen LogP contribution in [0.2, 0.25) is 0 Å². The van der Waals surface area contributed by atoms with Gasteiger partial charge in [0.25, 0.3) is 0 Å². The van der Waals surface area contributed by atoms with Gasteiger partial charge in [0.2, 0.25) is 0 Å². The second-order valence-electron chi connectivity index (χ2n) is 7.38. The molecule has 0 saturated carbocycles. The molecule has 0 unspecified atom stereocenters. The minimum absolute atomic E-state index is 0.173. The summed E-state index contributed by atoms with van der Waals surface area (Å²) >= 11 is 1.73. The van der Waals surface area contributed by atoms with E-state index in [0.29, 0.717) is 28.6 Å². The Morgan fingerprint density at radius 3 is 2.69 bits per heavy atom. The number of carbonyl (C=O) groups is 1. The van der Waals surface area contributed by atoms with Crippen LogP contribution >= 0.6 is 11.3 Å². The summed E-state index contributed by atoms with van der Waals surface area (Å²) in [5, 5.41) is 12.7. The van der Waals surface area contributed by atoms with E-state index in [1.54, 1.807) is 17.4 Å². The number of thiophene rings is 1. The molecule has 29 heavy (non-hydrogen) atoms. The van der Waals surface area contributed by atoms with Crippen LogP contribution in [0.5, 0.6) is 0 Å². The number of aryl methyl sites for hydroxylation is 1. The van der Waals surface area contributed by atoms with Crippen LogP contribution in [0.25, 0.3) is 42.3 Å². The van der Waals surface area contributed by atoms with E-state index in [-0.39, 0.29) is 5.56 Å². The van der Waals surface area contributed by atoms with Gasteiger partial charge in [0.05, 0.1) is 16.8 Å². The molecule has 5 heteroatoms. The average Bonchev–Trinajstić information content (AvgIpc) is 3.08. The Hall–Kier alpha value is -3.31. The fourth-order valence-corrected chi connectivity index (χ4v) is 5.62. The number of nitrogens with zero attached hydrogens (tertiary/aromatic N) is 1. The summed E-state index contributed by atoms with van der Waals surface area (Å²) in [4.78, 5) is 16.9. The van der Waals surface area contributed by atoms with Crippen LogP contribution < -0.4 is 0 Å². The van der Waals surface area contributed by atoms with Crippen molar-refractivity contribution in [1.82, 2.24) is 4.98 Å². The van der Waals surface area contributed by atoms with Crippen molar-refractivity contribution in [2.45, 2.75) is 12.8 Å². The molecule has 1 aliphatic carbocycles. The Labute approximate surface area is 169 Å². The zero-order valence-electron chi connectivity index (χ0n) is 15.2. The van der Waals surface area contributed by atoms with Crippen molar-refractivity contribution in [1.29, 1.82) is 0 Å². The number of hydrogen-bond donors (Lipinski definition) is 1. The van der Waals surface area contributed by atoms with Gasteiger partial charge >= 0.3 is 5.97 Å². The molecule has 1 aliphatic rings. The molecule has 0 bridgehead atoms. The maximum absolute atomic E-state index is 13.8. The van der Waals surface area contributed by atoms with Crippen LogP contribution in [0.3, 0.4) is 0 Å². The molecule has 140 valence electrons. The van der Waals surface area contributed by atoms with Crippen molar-refractivity contribution in [3.63, 3.8) is 0 Å². The smallest absolute Gasteiger partial charge is 0.336 e. The summed E-state index contributed by atoms with van der Waals surface area (Å²) in [7, 11) is 0. The number of pyridine rings is 1. The summed E-state index contributed by atoms with van der Waals surface area (Å²) in [6.07, 6.45) is 1.32. The number of carboxylic acid groups (broad SMARTS) is 1. The first kappa shape index (κ1) is 16.6. The highest BCUT2D eigenvalue weighted by atomic mass is 32.1. The van der Waals surface area contributed by atoms with Crippen molar-refractivity contribution in [3.05, 3.63) is 77.1 Å². The van der Waals surface area contributed by atoms with E-state index in [4.69, 9.17) is 4.98 Å². The highest BCUT2D eigenvalue weighted by Crippen LogP contribution is 2.42. The van der Waals surface area contributed by atoms with Crippen LogP contribution in [-0.4, -0.2) is 16.1 Å². The van der Waals surface area contributed by atoms with Crippen LogP contribution in [-0.2, 0) is 12.8 Å². The number of benzene rings is 3. The monoisotopic (exact) mass is 399 g/mol. The minimum Gasteiger partial charge on any atom is -0.478 e. The predicted octanol–water partition coefficient (Wildman–Crippen LogP) is 6.21. The molecule has 0 saturated heterocycles. The van der Waals surface area contributed by atoms with E-state index in [2.05, 4.69) is 30.3 Å². The molecule has 5 aromatic rings. The molecular weight excluding hydrogens is 385 g/mol. The third-order valence-corrected chi connectivity index (χ3v) is 6.90. The van der Waals surface area contributed by atoms with Crippen molar-refractivity contribution in [3.8, 4) is 11.3 Å². The van der Waals surface area contributed by atoms with Gasteiger partial charge in [0.1, 0.15) is 5.82 Å². The third kappa shape index (κ3) is 2.34. The summed E-state index contributed by atoms with van der Waals surface area (Å²) in [5.41, 5.74) is 4.25. The van der Waals surface area contributed by atoms with E-state index in [0.717, 1.165) is 16.7 Å². The second kappa shape index (κ2) is 5.84. The Balaban J connectivity index is 1.71. The van der Waals surface area contributed by atoms with E-state index in [1.807, 2.05) is 6.07 Å². The molecule has 0 amide bonds. The van der Waals surface area contributed by atoms with Gasteiger partial charge in [-0.1, -0.05) is 18.2 Å². The summed E-state index contributed by atoms with van der Waals surface area (Å²) in [6, 6.07) is 16.9. The van der Waals surface area contributed by atoms with Crippen LogP contribution in [0.4, 0.5) is 4.39 Å².